The van der Waals surface area contributed by atoms with Gasteiger partial charge in [0, 0.05) is 23.8 Å². The van der Waals surface area contributed by atoms with Crippen LogP contribution in [0.4, 0.5) is 11.5 Å². The number of nitro groups is 1. The van der Waals surface area contributed by atoms with E-state index in [0.29, 0.717) is 17.9 Å². The molecule has 0 saturated carbocycles. The van der Waals surface area contributed by atoms with Crippen molar-refractivity contribution in [3.05, 3.63) is 87.6 Å². The van der Waals surface area contributed by atoms with Gasteiger partial charge in [-0.2, -0.15) is 5.10 Å². The average molecular weight is 378 g/mol. The van der Waals surface area contributed by atoms with Crippen LogP contribution < -0.4 is 5.32 Å². The summed E-state index contributed by atoms with van der Waals surface area (Å²) in [5.74, 6) is 0.211. The zero-order chi connectivity index (χ0) is 20.3. The summed E-state index contributed by atoms with van der Waals surface area (Å²) in [6.07, 6.45) is 1.62. The van der Waals surface area contributed by atoms with Crippen LogP contribution in [-0.4, -0.2) is 20.6 Å². The lowest BCUT2D eigenvalue weighted by atomic mass is 9.87. The highest BCUT2D eigenvalue weighted by atomic mass is 16.6. The molecule has 3 aromatic rings. The van der Waals surface area contributed by atoms with Crippen LogP contribution in [0.2, 0.25) is 0 Å². The smallest absolute Gasteiger partial charge is 0.269 e. The fourth-order valence-corrected chi connectivity index (χ4v) is 2.77. The molecule has 0 fully saturated rings. The molecule has 0 radical (unpaired) electrons. The summed E-state index contributed by atoms with van der Waals surface area (Å²) in [5, 5.41) is 17.8. The molecule has 1 amide bonds. The van der Waals surface area contributed by atoms with Crippen molar-refractivity contribution < 1.29 is 9.72 Å². The van der Waals surface area contributed by atoms with Gasteiger partial charge in [0.2, 0.25) is 0 Å². The fraction of sp³-hybridized carbons (Fsp3) is 0.238. The first-order valence-electron chi connectivity index (χ1n) is 8.91. The third-order valence-corrected chi connectivity index (χ3v) is 4.45. The number of nitrogens with one attached hydrogen (secondary N) is 1. The molecule has 1 heterocycles. The molecule has 7 heteroatoms. The molecule has 0 atom stereocenters. The lowest BCUT2D eigenvalue weighted by molar-refractivity contribution is -0.384. The Morgan fingerprint density at radius 1 is 1.07 bits per heavy atom. The van der Waals surface area contributed by atoms with E-state index in [1.54, 1.807) is 16.9 Å². The first kappa shape index (κ1) is 19.3. The van der Waals surface area contributed by atoms with Gasteiger partial charge in [-0.1, -0.05) is 45.0 Å². The molecule has 0 aliphatic rings. The highest BCUT2D eigenvalue weighted by molar-refractivity contribution is 6.03. The molecule has 2 aromatic carbocycles. The number of aromatic nitrogens is 2. The van der Waals surface area contributed by atoms with E-state index in [1.807, 2.05) is 0 Å². The SMILES string of the molecule is CC(C)(C)c1ccc(Cn2nccc2NC(=O)c2ccc([N+](=O)[O-])cc2)cc1. The van der Waals surface area contributed by atoms with Crippen LogP contribution in [0.5, 0.6) is 0 Å². The highest BCUT2D eigenvalue weighted by Crippen LogP contribution is 2.23. The Morgan fingerprint density at radius 2 is 1.71 bits per heavy atom. The fourth-order valence-electron chi connectivity index (χ4n) is 2.77. The van der Waals surface area contributed by atoms with Crippen LogP contribution >= 0.6 is 0 Å². The quantitative estimate of drug-likeness (QED) is 0.527. The van der Waals surface area contributed by atoms with E-state index in [-0.39, 0.29) is 17.0 Å². The molecule has 1 N–H and O–H groups in total. The van der Waals surface area contributed by atoms with Crippen molar-refractivity contribution in [2.75, 3.05) is 5.32 Å². The summed E-state index contributed by atoms with van der Waals surface area (Å²) >= 11 is 0. The van der Waals surface area contributed by atoms with E-state index in [0.717, 1.165) is 5.56 Å². The monoisotopic (exact) mass is 378 g/mol. The maximum absolute atomic E-state index is 12.4. The molecule has 0 spiro atoms. The number of carbonyl (C=O) groups is 1. The molecule has 0 unspecified atom stereocenters. The summed E-state index contributed by atoms with van der Waals surface area (Å²) in [6, 6.07) is 15.5. The molecular formula is C21H22N4O3. The van der Waals surface area contributed by atoms with Crippen LogP contribution in [0.1, 0.15) is 42.3 Å². The van der Waals surface area contributed by atoms with Crippen molar-refractivity contribution >= 4 is 17.4 Å². The molecule has 7 nitrogen and oxygen atoms in total. The van der Waals surface area contributed by atoms with Gasteiger partial charge in [-0.05, 0) is 28.7 Å². The van der Waals surface area contributed by atoms with Crippen molar-refractivity contribution in [2.45, 2.75) is 32.7 Å². The molecule has 0 aliphatic carbocycles. The van der Waals surface area contributed by atoms with E-state index < -0.39 is 4.92 Å². The Bertz CT molecular complexity index is 984. The van der Waals surface area contributed by atoms with Crippen molar-refractivity contribution in [3.63, 3.8) is 0 Å². The largest absolute Gasteiger partial charge is 0.307 e. The minimum Gasteiger partial charge on any atom is -0.307 e. The number of amides is 1. The van der Waals surface area contributed by atoms with Gasteiger partial charge in [-0.25, -0.2) is 4.68 Å². The standard InChI is InChI=1S/C21H22N4O3/c1-21(2,3)17-8-4-15(5-9-17)14-24-19(12-13-22-24)23-20(26)16-6-10-18(11-7-16)25(27)28/h4-13H,14H2,1-3H3,(H,23,26). The van der Waals surface area contributed by atoms with Crippen molar-refractivity contribution in [3.8, 4) is 0 Å². The van der Waals surface area contributed by atoms with Crippen molar-refractivity contribution in [1.82, 2.24) is 9.78 Å². The van der Waals surface area contributed by atoms with Gasteiger partial charge >= 0.3 is 0 Å². The Balaban J connectivity index is 1.71. The average Bonchev–Trinajstić information content (AvgIpc) is 3.08. The van der Waals surface area contributed by atoms with E-state index in [9.17, 15) is 14.9 Å². The second-order valence-electron chi connectivity index (χ2n) is 7.58. The van der Waals surface area contributed by atoms with Crippen LogP contribution in [0.25, 0.3) is 0 Å². The van der Waals surface area contributed by atoms with Crippen LogP contribution in [0.15, 0.2) is 60.8 Å². The summed E-state index contributed by atoms with van der Waals surface area (Å²) < 4.78 is 1.70. The Hall–Kier alpha value is -3.48. The Labute approximate surface area is 163 Å². The number of hydrogen-bond acceptors (Lipinski definition) is 4. The third kappa shape index (κ3) is 4.43. The molecule has 0 saturated heterocycles. The lowest BCUT2D eigenvalue weighted by Gasteiger charge is -2.19. The number of benzene rings is 2. The number of non-ortho nitro benzene ring substituents is 1. The van der Waals surface area contributed by atoms with Gasteiger partial charge in [0.25, 0.3) is 11.6 Å². The van der Waals surface area contributed by atoms with E-state index in [2.05, 4.69) is 55.5 Å². The Kier molecular flexibility index (Phi) is 5.26. The number of rotatable bonds is 5. The molecule has 0 aliphatic heterocycles. The molecular weight excluding hydrogens is 356 g/mol. The maximum Gasteiger partial charge on any atom is 0.269 e. The minimum absolute atomic E-state index is 0.0553. The second-order valence-corrected chi connectivity index (χ2v) is 7.58. The van der Waals surface area contributed by atoms with Crippen LogP contribution in [0.3, 0.4) is 0 Å². The predicted octanol–water partition coefficient (Wildman–Crippen LogP) is 4.39. The zero-order valence-corrected chi connectivity index (χ0v) is 16.0. The third-order valence-electron chi connectivity index (χ3n) is 4.45. The number of nitrogens with zero attached hydrogens (tertiary/aromatic N) is 3. The van der Waals surface area contributed by atoms with Crippen LogP contribution in [-0.2, 0) is 12.0 Å². The van der Waals surface area contributed by atoms with Gasteiger partial charge in [0.05, 0.1) is 17.7 Å². The summed E-state index contributed by atoms with van der Waals surface area (Å²) in [5.41, 5.74) is 2.70. The Morgan fingerprint density at radius 3 is 2.29 bits per heavy atom. The minimum atomic E-state index is -0.498. The van der Waals surface area contributed by atoms with Gasteiger partial charge in [0.15, 0.2) is 0 Å². The summed E-state index contributed by atoms with van der Waals surface area (Å²) in [7, 11) is 0. The molecule has 28 heavy (non-hydrogen) atoms. The number of carbonyl (C=O) groups excluding carboxylic acids is 1. The van der Waals surface area contributed by atoms with Gasteiger partial charge in [-0.3, -0.25) is 14.9 Å². The molecule has 0 bridgehead atoms. The predicted molar refractivity (Wildman–Crippen MR) is 108 cm³/mol. The zero-order valence-electron chi connectivity index (χ0n) is 16.0. The summed E-state index contributed by atoms with van der Waals surface area (Å²) in [4.78, 5) is 22.7. The highest BCUT2D eigenvalue weighted by Gasteiger charge is 2.14. The van der Waals surface area contributed by atoms with E-state index in [1.165, 1.54) is 29.8 Å². The summed E-state index contributed by atoms with van der Waals surface area (Å²) in [6.45, 7) is 7.03. The number of nitro benzene ring substituents is 1. The van der Waals surface area contributed by atoms with E-state index in [4.69, 9.17) is 0 Å². The van der Waals surface area contributed by atoms with Crippen molar-refractivity contribution in [2.24, 2.45) is 0 Å². The van der Waals surface area contributed by atoms with Crippen molar-refractivity contribution in [1.29, 1.82) is 0 Å². The first-order chi connectivity index (χ1) is 13.2. The molecule has 144 valence electrons. The molecule has 1 aromatic heterocycles. The molecule has 3 rings (SSSR count). The maximum atomic E-state index is 12.4. The normalized spacial score (nSPS) is 11.2. The van der Waals surface area contributed by atoms with Gasteiger partial charge in [0.1, 0.15) is 5.82 Å². The number of anilines is 1. The van der Waals surface area contributed by atoms with Gasteiger partial charge < -0.3 is 5.32 Å². The second kappa shape index (κ2) is 7.64. The number of hydrogen-bond donors (Lipinski definition) is 1. The lowest BCUT2D eigenvalue weighted by Crippen LogP contribution is -2.16. The first-order valence-corrected chi connectivity index (χ1v) is 8.91. The van der Waals surface area contributed by atoms with Gasteiger partial charge in [-0.15, -0.1) is 0 Å². The van der Waals surface area contributed by atoms with Crippen LogP contribution in [0, 0.1) is 10.1 Å². The van der Waals surface area contributed by atoms with E-state index >= 15 is 0 Å². The topological polar surface area (TPSA) is 90.1 Å².